The quantitative estimate of drug-likeness (QED) is 0.797. The Morgan fingerprint density at radius 2 is 2.12 bits per heavy atom. The van der Waals surface area contributed by atoms with Gasteiger partial charge in [0.05, 0.1) is 19.3 Å². The number of methoxy groups -OCH3 is 1. The summed E-state index contributed by atoms with van der Waals surface area (Å²) in [6, 6.07) is 7.70. The summed E-state index contributed by atoms with van der Waals surface area (Å²) in [6.07, 6.45) is 0. The van der Waals surface area contributed by atoms with E-state index in [0.717, 1.165) is 5.56 Å². The number of hydrogen-bond donors (Lipinski definition) is 2. The van der Waals surface area contributed by atoms with Gasteiger partial charge in [0.25, 0.3) is 0 Å². The van der Waals surface area contributed by atoms with Crippen molar-refractivity contribution in [1.82, 2.24) is 0 Å². The Hall–Kier alpha value is -0.900. The Bertz CT molecular complexity index is 336. The summed E-state index contributed by atoms with van der Waals surface area (Å²) >= 11 is 0. The second-order valence-electron chi connectivity index (χ2n) is 4.73. The molecule has 3 heteroatoms. The predicted octanol–water partition coefficient (Wildman–Crippen LogP) is 1.60. The largest absolute Gasteiger partial charge is 0.394 e. The third-order valence-electron chi connectivity index (χ3n) is 2.80. The monoisotopic (exact) mass is 223 g/mol. The lowest BCUT2D eigenvalue weighted by molar-refractivity contribution is 0.146. The molecule has 0 aromatic heterocycles. The molecule has 0 amide bonds. The number of benzene rings is 1. The summed E-state index contributed by atoms with van der Waals surface area (Å²) in [7, 11) is 1.70. The molecule has 16 heavy (non-hydrogen) atoms. The van der Waals surface area contributed by atoms with E-state index in [1.165, 1.54) is 5.56 Å². The van der Waals surface area contributed by atoms with Gasteiger partial charge in [0.2, 0.25) is 0 Å². The maximum Gasteiger partial charge on any atom is 0.0624 e. The summed E-state index contributed by atoms with van der Waals surface area (Å²) in [5.74, 6) is 0. The molecule has 0 saturated carbocycles. The molecule has 0 radical (unpaired) electrons. The molecule has 0 spiro atoms. The number of aliphatic hydroxyl groups excluding tert-OH is 1. The fourth-order valence-corrected chi connectivity index (χ4v) is 1.74. The Balaban J connectivity index is 2.98. The van der Waals surface area contributed by atoms with Crippen molar-refractivity contribution in [1.29, 1.82) is 0 Å². The first-order chi connectivity index (χ1) is 7.51. The van der Waals surface area contributed by atoms with E-state index in [2.05, 4.69) is 19.9 Å². The molecule has 0 heterocycles. The molecule has 0 aliphatic carbocycles. The molecule has 1 aromatic carbocycles. The molecule has 0 aliphatic heterocycles. The van der Waals surface area contributed by atoms with E-state index < -0.39 is 0 Å². The van der Waals surface area contributed by atoms with Crippen LogP contribution in [0.4, 0.5) is 0 Å². The average Bonchev–Trinajstić information content (AvgIpc) is 2.28. The van der Waals surface area contributed by atoms with Gasteiger partial charge in [-0.1, -0.05) is 38.1 Å². The van der Waals surface area contributed by atoms with Crippen molar-refractivity contribution in [3.05, 3.63) is 35.4 Å². The summed E-state index contributed by atoms with van der Waals surface area (Å²) in [4.78, 5) is 0. The van der Waals surface area contributed by atoms with Crippen LogP contribution in [0, 0.1) is 0 Å². The van der Waals surface area contributed by atoms with Crippen LogP contribution in [0.25, 0.3) is 0 Å². The van der Waals surface area contributed by atoms with E-state index >= 15 is 0 Å². The third-order valence-corrected chi connectivity index (χ3v) is 2.80. The predicted molar refractivity (Wildman–Crippen MR) is 65.4 cm³/mol. The fraction of sp³-hybridized carbons (Fsp3) is 0.538. The SMILES string of the molecule is COCC(C)(C)c1cccc(C(N)CO)c1. The minimum absolute atomic E-state index is 0.0336. The van der Waals surface area contributed by atoms with Gasteiger partial charge in [-0.2, -0.15) is 0 Å². The minimum Gasteiger partial charge on any atom is -0.394 e. The topological polar surface area (TPSA) is 55.5 Å². The molecule has 0 bridgehead atoms. The van der Waals surface area contributed by atoms with Crippen LogP contribution in [-0.2, 0) is 10.2 Å². The van der Waals surface area contributed by atoms with Crippen LogP contribution < -0.4 is 5.73 Å². The third kappa shape index (κ3) is 3.04. The van der Waals surface area contributed by atoms with E-state index in [-0.39, 0.29) is 18.1 Å². The highest BCUT2D eigenvalue weighted by molar-refractivity contribution is 5.31. The van der Waals surface area contributed by atoms with Gasteiger partial charge in [0.15, 0.2) is 0 Å². The van der Waals surface area contributed by atoms with Crippen LogP contribution in [0.2, 0.25) is 0 Å². The zero-order chi connectivity index (χ0) is 12.2. The van der Waals surface area contributed by atoms with Crippen LogP contribution >= 0.6 is 0 Å². The average molecular weight is 223 g/mol. The summed E-state index contributed by atoms with van der Waals surface area (Å²) in [6.45, 7) is 4.87. The lowest BCUT2D eigenvalue weighted by Crippen LogP contribution is -2.24. The zero-order valence-corrected chi connectivity index (χ0v) is 10.2. The maximum absolute atomic E-state index is 9.04. The molecular weight excluding hydrogens is 202 g/mol. The van der Waals surface area contributed by atoms with E-state index in [0.29, 0.717) is 6.61 Å². The van der Waals surface area contributed by atoms with Crippen LogP contribution in [0.15, 0.2) is 24.3 Å². The minimum atomic E-state index is -0.307. The normalized spacial score (nSPS) is 13.8. The van der Waals surface area contributed by atoms with E-state index in [1.807, 2.05) is 18.2 Å². The number of hydrogen-bond acceptors (Lipinski definition) is 3. The van der Waals surface area contributed by atoms with Gasteiger partial charge in [0, 0.05) is 12.5 Å². The number of aliphatic hydroxyl groups is 1. The summed E-state index contributed by atoms with van der Waals surface area (Å²) in [5.41, 5.74) is 7.90. The van der Waals surface area contributed by atoms with Gasteiger partial charge < -0.3 is 15.6 Å². The Labute approximate surface area is 97.2 Å². The van der Waals surface area contributed by atoms with E-state index in [4.69, 9.17) is 15.6 Å². The van der Waals surface area contributed by atoms with Crippen molar-refractivity contribution in [2.75, 3.05) is 20.3 Å². The molecule has 3 N–H and O–H groups in total. The van der Waals surface area contributed by atoms with Gasteiger partial charge in [-0.25, -0.2) is 0 Å². The van der Waals surface area contributed by atoms with Gasteiger partial charge in [-0.3, -0.25) is 0 Å². The smallest absolute Gasteiger partial charge is 0.0624 e. The highest BCUT2D eigenvalue weighted by Crippen LogP contribution is 2.25. The highest BCUT2D eigenvalue weighted by Gasteiger charge is 2.21. The van der Waals surface area contributed by atoms with Crippen molar-refractivity contribution < 1.29 is 9.84 Å². The maximum atomic E-state index is 9.04. The second-order valence-corrected chi connectivity index (χ2v) is 4.73. The molecule has 3 nitrogen and oxygen atoms in total. The van der Waals surface area contributed by atoms with Gasteiger partial charge >= 0.3 is 0 Å². The molecule has 90 valence electrons. The van der Waals surface area contributed by atoms with Gasteiger partial charge in [0.1, 0.15) is 0 Å². The molecule has 1 aromatic rings. The Kier molecular flexibility index (Phi) is 4.47. The first-order valence-corrected chi connectivity index (χ1v) is 5.47. The molecule has 0 aliphatic rings. The second kappa shape index (κ2) is 5.43. The van der Waals surface area contributed by atoms with E-state index in [9.17, 15) is 0 Å². The summed E-state index contributed by atoms with van der Waals surface area (Å²) < 4.78 is 5.21. The molecule has 0 saturated heterocycles. The van der Waals surface area contributed by atoms with Crippen molar-refractivity contribution in [3.8, 4) is 0 Å². The molecule has 1 rings (SSSR count). The van der Waals surface area contributed by atoms with Crippen LogP contribution in [0.5, 0.6) is 0 Å². The number of ether oxygens (including phenoxy) is 1. The van der Waals surface area contributed by atoms with Crippen molar-refractivity contribution in [2.45, 2.75) is 25.3 Å². The van der Waals surface area contributed by atoms with Gasteiger partial charge in [-0.15, -0.1) is 0 Å². The number of rotatable bonds is 5. The number of nitrogens with two attached hydrogens (primary N) is 1. The molecular formula is C13H21NO2. The van der Waals surface area contributed by atoms with Crippen LogP contribution in [0.3, 0.4) is 0 Å². The molecule has 1 atom stereocenters. The lowest BCUT2D eigenvalue weighted by Gasteiger charge is -2.25. The van der Waals surface area contributed by atoms with Crippen LogP contribution in [0.1, 0.15) is 31.0 Å². The first kappa shape index (κ1) is 13.2. The molecule has 1 unspecified atom stereocenters. The molecule has 0 fully saturated rings. The van der Waals surface area contributed by atoms with Crippen molar-refractivity contribution in [2.24, 2.45) is 5.73 Å². The van der Waals surface area contributed by atoms with Crippen LogP contribution in [-0.4, -0.2) is 25.4 Å². The fourth-order valence-electron chi connectivity index (χ4n) is 1.74. The summed E-state index contributed by atoms with van der Waals surface area (Å²) in [5, 5.41) is 9.04. The first-order valence-electron chi connectivity index (χ1n) is 5.47. The standard InChI is InChI=1S/C13H21NO2/c1-13(2,9-16-3)11-6-4-5-10(7-11)12(14)8-15/h4-7,12,15H,8-9,14H2,1-3H3. The van der Waals surface area contributed by atoms with E-state index in [1.54, 1.807) is 7.11 Å². The Morgan fingerprint density at radius 1 is 1.44 bits per heavy atom. The Morgan fingerprint density at radius 3 is 2.69 bits per heavy atom. The highest BCUT2D eigenvalue weighted by atomic mass is 16.5. The lowest BCUT2D eigenvalue weighted by atomic mass is 9.84. The zero-order valence-electron chi connectivity index (χ0n) is 10.2. The van der Waals surface area contributed by atoms with Gasteiger partial charge in [-0.05, 0) is 11.1 Å². The van der Waals surface area contributed by atoms with Crippen molar-refractivity contribution in [3.63, 3.8) is 0 Å². The van der Waals surface area contributed by atoms with Crippen molar-refractivity contribution >= 4 is 0 Å².